The summed E-state index contributed by atoms with van der Waals surface area (Å²) in [6.45, 7) is 15.2. The molecule has 1 aliphatic heterocycles. The quantitative estimate of drug-likeness (QED) is 0.568. The summed E-state index contributed by atoms with van der Waals surface area (Å²) in [5, 5.41) is 0.216. The van der Waals surface area contributed by atoms with Crippen LogP contribution in [0.1, 0.15) is 34.6 Å². The summed E-state index contributed by atoms with van der Waals surface area (Å²) in [6, 6.07) is 0. The van der Waals surface area contributed by atoms with E-state index in [1.54, 1.807) is 0 Å². The summed E-state index contributed by atoms with van der Waals surface area (Å²) in [5.74, 6) is -0.491. The molecule has 0 spiro atoms. The van der Waals surface area contributed by atoms with Gasteiger partial charge in [-0.05, 0) is 32.0 Å². The largest absolute Gasteiger partial charge is 0.408 e. The summed E-state index contributed by atoms with van der Waals surface area (Å²) >= 11 is 0. The van der Waals surface area contributed by atoms with Crippen molar-refractivity contribution in [2.75, 3.05) is 0 Å². The van der Waals surface area contributed by atoms with Crippen molar-refractivity contribution < 1.29 is 13.9 Å². The Hall–Kier alpha value is -0.163. The Morgan fingerprint density at radius 3 is 2.28 bits per heavy atom. The summed E-state index contributed by atoms with van der Waals surface area (Å²) in [4.78, 5) is 0. The zero-order valence-electron chi connectivity index (χ0n) is 12.6. The van der Waals surface area contributed by atoms with Gasteiger partial charge in [0.2, 0.25) is 0 Å². The Labute approximate surface area is 112 Å². The minimum atomic E-state index is -1.76. The van der Waals surface area contributed by atoms with Gasteiger partial charge in [-0.3, -0.25) is 0 Å². The lowest BCUT2D eigenvalue weighted by atomic mass is 10.2. The molecular formula is C14H26O3Si. The maximum atomic E-state index is 6.42. The van der Waals surface area contributed by atoms with Crippen LogP contribution in [0.3, 0.4) is 0 Å². The first kappa shape index (κ1) is 14.3. The van der Waals surface area contributed by atoms with Crippen LogP contribution in [0.2, 0.25) is 18.1 Å². The maximum absolute atomic E-state index is 6.42. The van der Waals surface area contributed by atoms with Crippen molar-refractivity contribution >= 4 is 8.32 Å². The molecule has 1 heterocycles. The van der Waals surface area contributed by atoms with Crippen molar-refractivity contribution in [3.05, 3.63) is 12.2 Å². The van der Waals surface area contributed by atoms with Gasteiger partial charge in [0.25, 0.3) is 0 Å². The molecule has 2 aliphatic rings. The number of rotatable bonds is 2. The second-order valence-electron chi connectivity index (χ2n) is 7.29. The van der Waals surface area contributed by atoms with E-state index in [2.05, 4.69) is 46.0 Å². The van der Waals surface area contributed by atoms with Gasteiger partial charge in [0.05, 0.1) is 6.10 Å². The van der Waals surface area contributed by atoms with Crippen LogP contribution in [-0.2, 0) is 13.9 Å². The first-order valence-electron chi connectivity index (χ1n) is 6.74. The van der Waals surface area contributed by atoms with Gasteiger partial charge in [0, 0.05) is 0 Å². The summed E-state index contributed by atoms with van der Waals surface area (Å²) < 4.78 is 18.2. The number of hydrogen-bond donors (Lipinski definition) is 0. The standard InChI is InChI=1S/C14H26O3Si/c1-13(2,3)18(6,7)17-11-9-8-10-12(11)16-14(4,5)15-10/h8-12H,1-7H3/t10-,11-,12-/m0/s1. The molecule has 0 aromatic rings. The van der Waals surface area contributed by atoms with Gasteiger partial charge >= 0.3 is 0 Å². The van der Waals surface area contributed by atoms with Crippen molar-refractivity contribution in [3.63, 3.8) is 0 Å². The van der Waals surface area contributed by atoms with Crippen LogP contribution in [-0.4, -0.2) is 32.4 Å². The first-order chi connectivity index (χ1) is 8.02. The minimum absolute atomic E-state index is 0.0223. The van der Waals surface area contributed by atoms with Gasteiger partial charge in [-0.2, -0.15) is 0 Å². The molecule has 4 heteroatoms. The molecule has 0 bridgehead atoms. The Morgan fingerprint density at radius 1 is 1.11 bits per heavy atom. The highest BCUT2D eigenvalue weighted by Crippen LogP contribution is 2.41. The zero-order valence-corrected chi connectivity index (χ0v) is 13.6. The maximum Gasteiger partial charge on any atom is 0.193 e. The van der Waals surface area contributed by atoms with Crippen molar-refractivity contribution in [2.24, 2.45) is 0 Å². The second kappa shape index (κ2) is 4.17. The Balaban J connectivity index is 2.07. The van der Waals surface area contributed by atoms with E-state index in [-0.39, 0.29) is 23.4 Å². The van der Waals surface area contributed by atoms with Gasteiger partial charge in [-0.15, -0.1) is 0 Å². The van der Waals surface area contributed by atoms with Crippen LogP contribution in [0.15, 0.2) is 12.2 Å². The highest BCUT2D eigenvalue weighted by atomic mass is 28.4. The van der Waals surface area contributed by atoms with Crippen LogP contribution >= 0.6 is 0 Å². The molecule has 0 unspecified atom stereocenters. The molecule has 1 fully saturated rings. The molecule has 104 valence electrons. The number of ether oxygens (including phenoxy) is 2. The minimum Gasteiger partial charge on any atom is -0.408 e. The fourth-order valence-corrected chi connectivity index (χ4v) is 3.42. The van der Waals surface area contributed by atoms with E-state index in [9.17, 15) is 0 Å². The monoisotopic (exact) mass is 270 g/mol. The van der Waals surface area contributed by atoms with E-state index in [1.165, 1.54) is 0 Å². The predicted octanol–water partition coefficient (Wildman–Crippen LogP) is 3.47. The van der Waals surface area contributed by atoms with Crippen LogP contribution in [0.4, 0.5) is 0 Å². The molecule has 1 aliphatic carbocycles. The van der Waals surface area contributed by atoms with E-state index in [0.29, 0.717) is 0 Å². The van der Waals surface area contributed by atoms with Crippen LogP contribution in [0, 0.1) is 0 Å². The van der Waals surface area contributed by atoms with Gasteiger partial charge in [-0.1, -0.05) is 32.9 Å². The Morgan fingerprint density at radius 2 is 1.72 bits per heavy atom. The van der Waals surface area contributed by atoms with E-state index in [0.717, 1.165) is 0 Å². The molecule has 3 atom stereocenters. The summed E-state index contributed by atoms with van der Waals surface area (Å²) in [7, 11) is -1.76. The molecule has 0 N–H and O–H groups in total. The van der Waals surface area contributed by atoms with Gasteiger partial charge in [0.1, 0.15) is 12.2 Å². The molecule has 3 nitrogen and oxygen atoms in total. The average molecular weight is 270 g/mol. The third-order valence-electron chi connectivity index (χ3n) is 4.21. The normalized spacial score (nSPS) is 34.9. The molecule has 0 aromatic carbocycles. The fourth-order valence-electron chi connectivity index (χ4n) is 2.17. The number of hydrogen-bond acceptors (Lipinski definition) is 3. The van der Waals surface area contributed by atoms with E-state index in [4.69, 9.17) is 13.9 Å². The van der Waals surface area contributed by atoms with E-state index in [1.807, 2.05) is 13.8 Å². The zero-order chi connectivity index (χ0) is 13.8. The highest BCUT2D eigenvalue weighted by Gasteiger charge is 2.49. The lowest BCUT2D eigenvalue weighted by Crippen LogP contribution is -2.46. The Kier molecular flexibility index (Phi) is 3.30. The highest BCUT2D eigenvalue weighted by molar-refractivity contribution is 6.74. The first-order valence-corrected chi connectivity index (χ1v) is 9.64. The van der Waals surface area contributed by atoms with E-state index >= 15 is 0 Å². The average Bonchev–Trinajstić information content (AvgIpc) is 2.61. The van der Waals surface area contributed by atoms with Crippen LogP contribution in [0.25, 0.3) is 0 Å². The van der Waals surface area contributed by atoms with Gasteiger partial charge in [-0.25, -0.2) is 0 Å². The molecule has 0 amide bonds. The molecule has 18 heavy (non-hydrogen) atoms. The lowest BCUT2D eigenvalue weighted by Gasteiger charge is -2.39. The third kappa shape index (κ3) is 2.57. The van der Waals surface area contributed by atoms with Crippen LogP contribution in [0.5, 0.6) is 0 Å². The fraction of sp³-hybridized carbons (Fsp3) is 0.857. The van der Waals surface area contributed by atoms with Gasteiger partial charge in [0.15, 0.2) is 14.1 Å². The van der Waals surface area contributed by atoms with Crippen LogP contribution < -0.4 is 0 Å². The number of fused-ring (bicyclic) bond motifs is 1. The van der Waals surface area contributed by atoms with Crippen molar-refractivity contribution in [3.8, 4) is 0 Å². The van der Waals surface area contributed by atoms with Gasteiger partial charge < -0.3 is 13.9 Å². The topological polar surface area (TPSA) is 27.7 Å². The third-order valence-corrected chi connectivity index (χ3v) is 8.69. The van der Waals surface area contributed by atoms with Crippen molar-refractivity contribution in [1.82, 2.24) is 0 Å². The molecular weight excluding hydrogens is 244 g/mol. The van der Waals surface area contributed by atoms with E-state index < -0.39 is 14.1 Å². The lowest BCUT2D eigenvalue weighted by molar-refractivity contribution is -0.151. The SMILES string of the molecule is CC1(C)O[C@H]2[C@H](C=C[C@@H]2O[Si](C)(C)C(C)(C)C)O1. The van der Waals surface area contributed by atoms with Crippen molar-refractivity contribution in [2.45, 2.75) is 76.8 Å². The summed E-state index contributed by atoms with van der Waals surface area (Å²) in [6.07, 6.45) is 4.30. The molecule has 2 rings (SSSR count). The molecule has 1 saturated heterocycles. The molecule has 0 radical (unpaired) electrons. The summed E-state index contributed by atoms with van der Waals surface area (Å²) in [5.41, 5.74) is 0. The Bertz CT molecular complexity index is 355. The smallest absolute Gasteiger partial charge is 0.193 e. The van der Waals surface area contributed by atoms with Crippen molar-refractivity contribution in [1.29, 1.82) is 0 Å². The predicted molar refractivity (Wildman–Crippen MR) is 75.0 cm³/mol. The second-order valence-corrected chi connectivity index (χ2v) is 12.0. The molecule has 0 aromatic heterocycles. The molecule has 0 saturated carbocycles.